The number of aromatic nitrogens is 4. The predicted molar refractivity (Wildman–Crippen MR) is 194 cm³/mol. The molecule has 0 bridgehead atoms. The summed E-state index contributed by atoms with van der Waals surface area (Å²) in [4.78, 5) is 35.7. The second-order valence-electron chi connectivity index (χ2n) is 14.5. The van der Waals surface area contributed by atoms with Crippen molar-refractivity contribution in [2.45, 2.75) is 81.9 Å². The summed E-state index contributed by atoms with van der Waals surface area (Å²) >= 11 is 0. The average molecular weight is 788 g/mol. The number of rotatable bonds is 12. The van der Waals surface area contributed by atoms with Gasteiger partial charge in [0, 0.05) is 32.8 Å². The van der Waals surface area contributed by atoms with E-state index in [0.717, 1.165) is 60.5 Å². The molecule has 0 aliphatic heterocycles. The lowest BCUT2D eigenvalue weighted by molar-refractivity contribution is 0.0844. The lowest BCUT2D eigenvalue weighted by Crippen LogP contribution is -2.34. The van der Waals surface area contributed by atoms with Crippen molar-refractivity contribution in [2.24, 2.45) is 0 Å². The molecule has 286 valence electrons. The van der Waals surface area contributed by atoms with Gasteiger partial charge in [-0.15, -0.1) is 0 Å². The number of benzene rings is 2. The topological polar surface area (TPSA) is 116 Å². The van der Waals surface area contributed by atoms with Gasteiger partial charge in [0.05, 0.1) is 23.1 Å². The molecule has 3 heterocycles. The molecule has 1 aliphatic carbocycles. The molecule has 5 aromatic rings. The van der Waals surface area contributed by atoms with Gasteiger partial charge in [0.2, 0.25) is 5.82 Å². The number of anilines is 1. The van der Waals surface area contributed by atoms with Crippen molar-refractivity contribution in [1.82, 2.24) is 18.5 Å². The molecule has 3 aromatic heterocycles. The van der Waals surface area contributed by atoms with Crippen LogP contribution in [0.3, 0.4) is 0 Å². The number of nitrogens with zero attached hydrogens (tertiary/aromatic N) is 5. The van der Waals surface area contributed by atoms with Crippen LogP contribution in [0.5, 0.6) is 0 Å². The number of hydrogen-bond donors (Lipinski definition) is 0. The molecule has 2 aromatic carbocycles. The van der Waals surface area contributed by atoms with Crippen LogP contribution < -0.4 is 10.5 Å². The van der Waals surface area contributed by atoms with E-state index in [9.17, 15) is 40.0 Å². The Hall–Kier alpha value is -4.74. The first-order valence-corrected chi connectivity index (χ1v) is 22.5. The number of hydrogen-bond acceptors (Lipinski definition) is 7. The Morgan fingerprint density at radius 3 is 2.26 bits per heavy atom. The summed E-state index contributed by atoms with van der Waals surface area (Å²) in [6.45, 7) is 6.84. The van der Waals surface area contributed by atoms with Gasteiger partial charge >= 0.3 is 0 Å². The minimum Gasteiger partial charge on any atom is -0.361 e. The number of halogens is 5. The van der Waals surface area contributed by atoms with Gasteiger partial charge in [0.1, 0.15) is 18.8 Å². The summed E-state index contributed by atoms with van der Waals surface area (Å²) in [5.74, 6) is -13.3. The normalized spacial score (nSPS) is 14.1. The van der Waals surface area contributed by atoms with Gasteiger partial charge in [-0.25, -0.2) is 39.3 Å². The highest BCUT2D eigenvalue weighted by atomic mass is 32.2. The second-order valence-corrected chi connectivity index (χ2v) is 21.8. The van der Waals surface area contributed by atoms with Crippen molar-refractivity contribution in [3.63, 3.8) is 0 Å². The third-order valence-electron chi connectivity index (χ3n) is 9.46. The number of ether oxygens (including phenoxy) is 1. The highest BCUT2D eigenvalue weighted by Gasteiger charge is 2.37. The van der Waals surface area contributed by atoms with Crippen LogP contribution in [-0.4, -0.2) is 47.5 Å². The Bertz CT molecular complexity index is 2350. The second kappa shape index (κ2) is 15.5. The van der Waals surface area contributed by atoms with Gasteiger partial charge in [-0.1, -0.05) is 45.0 Å². The maximum Gasteiger partial charge on any atom is 0.276 e. The maximum atomic E-state index is 14.8. The third kappa shape index (κ3) is 7.88. The summed E-state index contributed by atoms with van der Waals surface area (Å²) in [5.41, 5.74) is 0.677. The lowest BCUT2D eigenvalue weighted by atomic mass is 9.85. The van der Waals surface area contributed by atoms with E-state index >= 15 is 0 Å². The number of carbonyl (C=O) groups is 1. The van der Waals surface area contributed by atoms with E-state index in [0.29, 0.717) is 18.2 Å². The number of fused-ring (bicyclic) bond motifs is 1. The molecule has 6 rings (SSSR count). The fourth-order valence-electron chi connectivity index (χ4n) is 6.39. The highest BCUT2D eigenvalue weighted by molar-refractivity contribution is 7.90. The third-order valence-corrected chi connectivity index (χ3v) is 12.9. The predicted octanol–water partition coefficient (Wildman–Crippen LogP) is 7.73. The quantitative estimate of drug-likeness (QED) is 0.0418. The van der Waals surface area contributed by atoms with E-state index in [2.05, 4.69) is 29.6 Å². The minimum atomic E-state index is -5.57. The average Bonchev–Trinajstić information content (AvgIpc) is 3.66. The molecule has 0 N–H and O–H groups in total. The van der Waals surface area contributed by atoms with Crippen molar-refractivity contribution in [1.29, 1.82) is 0 Å². The van der Waals surface area contributed by atoms with Gasteiger partial charge in [-0.05, 0) is 66.8 Å². The number of pyridine rings is 1. The van der Waals surface area contributed by atoms with Gasteiger partial charge in [0.25, 0.3) is 21.5 Å². The van der Waals surface area contributed by atoms with Crippen molar-refractivity contribution in [3.05, 3.63) is 118 Å². The Morgan fingerprint density at radius 2 is 1.61 bits per heavy atom. The molecule has 0 radical (unpaired) electrons. The Morgan fingerprint density at radius 1 is 0.926 bits per heavy atom. The van der Waals surface area contributed by atoms with E-state index in [-0.39, 0.29) is 33.8 Å². The summed E-state index contributed by atoms with van der Waals surface area (Å²) in [6, 6.07) is 11.0. The van der Waals surface area contributed by atoms with Crippen LogP contribution in [0.15, 0.2) is 70.9 Å². The molecule has 0 unspecified atom stereocenters. The van der Waals surface area contributed by atoms with Crippen molar-refractivity contribution in [2.75, 3.05) is 11.5 Å². The van der Waals surface area contributed by atoms with Crippen LogP contribution in [0.4, 0.5) is 27.6 Å². The number of amides is 1. The molecule has 1 amide bonds. The van der Waals surface area contributed by atoms with Gasteiger partial charge in [0.15, 0.2) is 28.2 Å². The largest absolute Gasteiger partial charge is 0.361 e. The Labute approximate surface area is 309 Å². The van der Waals surface area contributed by atoms with E-state index in [1.54, 1.807) is 12.3 Å². The molecule has 0 spiro atoms. The Balaban J connectivity index is 1.38. The van der Waals surface area contributed by atoms with Crippen LogP contribution in [-0.2, 0) is 28.0 Å². The molecule has 54 heavy (non-hydrogen) atoms. The van der Waals surface area contributed by atoms with Crippen molar-refractivity contribution in [3.8, 4) is 0 Å². The summed E-state index contributed by atoms with van der Waals surface area (Å²) in [5, 5.41) is 0.203. The smallest absolute Gasteiger partial charge is 0.276 e. The van der Waals surface area contributed by atoms with E-state index in [4.69, 9.17) is 4.74 Å². The first kappa shape index (κ1) is 39.0. The fourth-order valence-corrected chi connectivity index (χ4v) is 8.60. The van der Waals surface area contributed by atoms with Crippen LogP contribution in [0, 0.1) is 29.1 Å². The van der Waals surface area contributed by atoms with E-state index in [1.807, 2.05) is 6.07 Å². The van der Waals surface area contributed by atoms with Crippen LogP contribution >= 0.6 is 0 Å². The molecular weight excluding hydrogens is 750 g/mol. The Kier molecular flexibility index (Phi) is 11.2. The molecule has 1 saturated carbocycles. The molecule has 17 heteroatoms. The first-order chi connectivity index (χ1) is 25.6. The lowest BCUT2D eigenvalue weighted by Gasteiger charge is -2.25. The molecule has 10 nitrogen and oxygen atoms in total. The van der Waals surface area contributed by atoms with Gasteiger partial charge in [-0.2, -0.15) is 0 Å². The first-order valence-electron chi connectivity index (χ1n) is 17.4. The molecule has 0 atom stereocenters. The SMILES string of the molecule is C[Si](C)(C)CCOCn1cnc2cc(N(Cc3ccc(C4CCCCC4)cn3)C(=O)c3cccn3S(=O)(=O)c3c(F)c(F)c(F)c(F)c3F)ccc2c1=O. The molecular formula is C37H38F5N5O5SSi. The highest BCUT2D eigenvalue weighted by Crippen LogP contribution is 2.33. The van der Waals surface area contributed by atoms with E-state index < -0.39 is 69.2 Å². The van der Waals surface area contributed by atoms with Crippen molar-refractivity contribution >= 4 is 40.6 Å². The van der Waals surface area contributed by atoms with Crippen LogP contribution in [0.2, 0.25) is 25.7 Å². The monoisotopic (exact) mass is 787 g/mol. The summed E-state index contributed by atoms with van der Waals surface area (Å²) in [6.07, 6.45) is 9.22. The molecule has 0 saturated heterocycles. The summed E-state index contributed by atoms with van der Waals surface area (Å²) < 4.78 is 106. The molecule has 1 aliphatic rings. The summed E-state index contributed by atoms with van der Waals surface area (Å²) in [7, 11) is -6.93. The zero-order chi connectivity index (χ0) is 38.9. The van der Waals surface area contributed by atoms with Crippen molar-refractivity contribution < 1.29 is 39.9 Å². The maximum absolute atomic E-state index is 14.8. The zero-order valence-corrected chi connectivity index (χ0v) is 31.6. The minimum absolute atomic E-state index is 0.0182. The zero-order valence-electron chi connectivity index (χ0n) is 29.8. The van der Waals surface area contributed by atoms with Crippen LogP contribution in [0.25, 0.3) is 10.9 Å². The molecule has 1 fully saturated rings. The van der Waals surface area contributed by atoms with Gasteiger partial charge in [-0.3, -0.25) is 19.1 Å². The standard InChI is InChI=1S/C37H38F5N5O5SSi/c1-54(2,3)17-16-52-22-45-21-44-28-18-26(13-14-27(28)36(45)48)46(20-25-12-11-24(19-43-25)23-8-5-4-6-9-23)37(49)29-10-7-15-47(29)53(50,51)35-33(41)31(39)30(38)32(40)34(35)42/h7,10-15,18-19,21,23H,4-6,8-9,16-17,20,22H2,1-3H3. The van der Waals surface area contributed by atoms with E-state index in [1.165, 1.54) is 35.5 Å². The number of carbonyl (C=O) groups excluding carboxylic acids is 1. The van der Waals surface area contributed by atoms with Gasteiger partial charge < -0.3 is 9.64 Å². The van der Waals surface area contributed by atoms with Crippen LogP contribution in [0.1, 0.15) is 59.8 Å². The fraction of sp³-hybridized carbons (Fsp3) is 0.351.